The Labute approximate surface area is 148 Å². The zero-order valence-electron chi connectivity index (χ0n) is 14.2. The maximum absolute atomic E-state index is 12.0. The summed E-state index contributed by atoms with van der Waals surface area (Å²) in [6.07, 6.45) is 5.42. The van der Waals surface area contributed by atoms with E-state index >= 15 is 0 Å². The number of benzene rings is 1. The predicted molar refractivity (Wildman–Crippen MR) is 97.8 cm³/mol. The van der Waals surface area contributed by atoms with Crippen molar-refractivity contribution in [1.82, 2.24) is 19.9 Å². The van der Waals surface area contributed by atoms with Crippen LogP contribution in [-0.4, -0.2) is 26.0 Å². The van der Waals surface area contributed by atoms with Gasteiger partial charge in [0, 0.05) is 35.9 Å². The normalized spacial score (nSPS) is 10.8. The highest BCUT2D eigenvalue weighted by atomic mass is 16.5. The lowest BCUT2D eigenvalue weighted by atomic mass is 10.0. The van der Waals surface area contributed by atoms with Gasteiger partial charge in [-0.15, -0.1) is 0 Å². The van der Waals surface area contributed by atoms with E-state index in [2.05, 4.69) is 25.9 Å². The Bertz CT molecular complexity index is 1080. The molecular weight excluding hydrogens is 332 g/mol. The van der Waals surface area contributed by atoms with Gasteiger partial charge in [-0.25, -0.2) is 4.79 Å². The van der Waals surface area contributed by atoms with Crippen LogP contribution in [0, 0.1) is 6.92 Å². The summed E-state index contributed by atoms with van der Waals surface area (Å²) >= 11 is 0. The van der Waals surface area contributed by atoms with Crippen molar-refractivity contribution in [3.63, 3.8) is 0 Å². The minimum absolute atomic E-state index is 0.297. The van der Waals surface area contributed by atoms with Crippen molar-refractivity contribution in [3.05, 3.63) is 54.6 Å². The Morgan fingerprint density at radius 2 is 1.92 bits per heavy atom. The minimum atomic E-state index is -0.398. The first kappa shape index (κ1) is 15.8. The molecule has 0 aliphatic heterocycles. The Morgan fingerprint density at radius 3 is 2.65 bits per heavy atom. The summed E-state index contributed by atoms with van der Waals surface area (Å²) in [5.41, 5.74) is 4.31. The van der Waals surface area contributed by atoms with E-state index in [1.807, 2.05) is 43.7 Å². The van der Waals surface area contributed by atoms with E-state index in [4.69, 9.17) is 4.52 Å². The zero-order valence-corrected chi connectivity index (χ0v) is 14.2. The maximum atomic E-state index is 12.0. The van der Waals surface area contributed by atoms with Gasteiger partial charge in [-0.2, -0.15) is 5.10 Å². The third-order valence-corrected chi connectivity index (χ3v) is 3.99. The van der Waals surface area contributed by atoms with Crippen LogP contribution in [0.25, 0.3) is 22.0 Å². The van der Waals surface area contributed by atoms with Crippen LogP contribution in [0.5, 0.6) is 0 Å². The van der Waals surface area contributed by atoms with E-state index in [1.165, 1.54) is 0 Å². The lowest BCUT2D eigenvalue weighted by Crippen LogP contribution is -2.18. The van der Waals surface area contributed by atoms with Crippen molar-refractivity contribution < 1.29 is 9.32 Å². The van der Waals surface area contributed by atoms with Gasteiger partial charge in [-0.05, 0) is 24.6 Å². The van der Waals surface area contributed by atoms with Crippen molar-refractivity contribution in [2.75, 3.05) is 10.6 Å². The first-order chi connectivity index (χ1) is 12.6. The molecule has 0 bridgehead atoms. The second kappa shape index (κ2) is 6.32. The van der Waals surface area contributed by atoms with Crippen LogP contribution >= 0.6 is 0 Å². The molecule has 3 aromatic heterocycles. The fourth-order valence-electron chi connectivity index (χ4n) is 2.72. The van der Waals surface area contributed by atoms with Crippen molar-refractivity contribution in [3.8, 4) is 11.1 Å². The van der Waals surface area contributed by atoms with Gasteiger partial charge in [-0.1, -0.05) is 17.3 Å². The molecule has 4 aromatic rings. The fourth-order valence-corrected chi connectivity index (χ4v) is 2.72. The molecule has 1 aromatic carbocycles. The third kappa shape index (κ3) is 3.00. The molecule has 8 nitrogen and oxygen atoms in total. The molecule has 0 saturated carbocycles. The number of nitrogens with zero attached hydrogens (tertiary/aromatic N) is 4. The van der Waals surface area contributed by atoms with E-state index in [0.717, 1.165) is 22.0 Å². The molecule has 2 N–H and O–H groups in total. The van der Waals surface area contributed by atoms with E-state index in [-0.39, 0.29) is 0 Å². The highest BCUT2D eigenvalue weighted by Gasteiger charge is 2.09. The number of aromatic nitrogens is 4. The summed E-state index contributed by atoms with van der Waals surface area (Å²) in [6, 6.07) is 8.76. The lowest BCUT2D eigenvalue weighted by Gasteiger charge is -2.07. The number of urea groups is 1. The van der Waals surface area contributed by atoms with Gasteiger partial charge >= 0.3 is 6.03 Å². The topological polar surface area (TPSA) is 97.9 Å². The highest BCUT2D eigenvalue weighted by Crippen LogP contribution is 2.28. The number of fused-ring (bicyclic) bond motifs is 1. The molecule has 130 valence electrons. The van der Waals surface area contributed by atoms with Crippen LogP contribution in [-0.2, 0) is 7.05 Å². The molecule has 2 amide bonds. The van der Waals surface area contributed by atoms with Crippen LogP contribution < -0.4 is 10.6 Å². The van der Waals surface area contributed by atoms with Gasteiger partial charge < -0.3 is 9.84 Å². The lowest BCUT2D eigenvalue weighted by molar-refractivity contribution is 0.261. The SMILES string of the molecule is Cc1cc(NC(=O)Nc2ccc(-c3cncc4c3cnn4C)cc2)on1. The first-order valence-electron chi connectivity index (χ1n) is 7.97. The van der Waals surface area contributed by atoms with Crippen molar-refractivity contribution >= 4 is 28.5 Å². The largest absolute Gasteiger partial charge is 0.338 e. The van der Waals surface area contributed by atoms with E-state index < -0.39 is 6.03 Å². The van der Waals surface area contributed by atoms with Crippen LogP contribution in [0.2, 0.25) is 0 Å². The summed E-state index contributed by atoms with van der Waals surface area (Å²) < 4.78 is 6.74. The predicted octanol–water partition coefficient (Wildman–Crippen LogP) is 3.58. The summed E-state index contributed by atoms with van der Waals surface area (Å²) in [7, 11) is 1.88. The van der Waals surface area contributed by atoms with Crippen LogP contribution in [0.1, 0.15) is 5.69 Å². The Morgan fingerprint density at radius 1 is 1.12 bits per heavy atom. The highest BCUT2D eigenvalue weighted by molar-refractivity contribution is 5.99. The molecule has 0 radical (unpaired) electrons. The summed E-state index contributed by atoms with van der Waals surface area (Å²) in [6.45, 7) is 1.78. The number of aryl methyl sites for hydroxylation is 2. The number of hydrogen-bond donors (Lipinski definition) is 2. The average Bonchev–Trinajstić information content (AvgIpc) is 3.21. The molecule has 0 aliphatic carbocycles. The molecule has 26 heavy (non-hydrogen) atoms. The number of carbonyl (C=O) groups excluding carboxylic acids is 1. The van der Waals surface area contributed by atoms with Gasteiger partial charge in [0.15, 0.2) is 0 Å². The maximum Gasteiger partial charge on any atom is 0.326 e. The second-order valence-electron chi connectivity index (χ2n) is 5.88. The Balaban J connectivity index is 1.52. The third-order valence-electron chi connectivity index (χ3n) is 3.99. The van der Waals surface area contributed by atoms with E-state index in [9.17, 15) is 4.79 Å². The quantitative estimate of drug-likeness (QED) is 0.590. The van der Waals surface area contributed by atoms with E-state index in [1.54, 1.807) is 23.9 Å². The average molecular weight is 348 g/mol. The fraction of sp³-hybridized carbons (Fsp3) is 0.111. The van der Waals surface area contributed by atoms with Crippen molar-refractivity contribution in [2.24, 2.45) is 7.05 Å². The molecule has 0 spiro atoms. The number of carbonyl (C=O) groups is 1. The minimum Gasteiger partial charge on any atom is -0.338 e. The smallest absolute Gasteiger partial charge is 0.326 e. The van der Waals surface area contributed by atoms with Gasteiger partial charge in [-0.3, -0.25) is 15.0 Å². The van der Waals surface area contributed by atoms with Gasteiger partial charge in [0.05, 0.1) is 23.6 Å². The van der Waals surface area contributed by atoms with Gasteiger partial charge in [0.2, 0.25) is 5.88 Å². The molecule has 8 heteroatoms. The Kier molecular flexibility index (Phi) is 3.85. The summed E-state index contributed by atoms with van der Waals surface area (Å²) in [5.74, 6) is 0.297. The number of nitrogens with one attached hydrogen (secondary N) is 2. The Hall–Kier alpha value is -3.68. The van der Waals surface area contributed by atoms with Crippen LogP contribution in [0.3, 0.4) is 0 Å². The number of pyridine rings is 1. The van der Waals surface area contributed by atoms with Gasteiger partial charge in [0.1, 0.15) is 0 Å². The second-order valence-corrected chi connectivity index (χ2v) is 5.88. The number of hydrogen-bond acceptors (Lipinski definition) is 5. The molecule has 0 unspecified atom stereocenters. The van der Waals surface area contributed by atoms with Crippen molar-refractivity contribution in [1.29, 1.82) is 0 Å². The number of anilines is 2. The number of amides is 2. The van der Waals surface area contributed by atoms with Crippen LogP contribution in [0.15, 0.2) is 53.4 Å². The van der Waals surface area contributed by atoms with Gasteiger partial charge in [0.25, 0.3) is 0 Å². The summed E-state index contributed by atoms with van der Waals surface area (Å²) in [4.78, 5) is 16.3. The first-order valence-corrected chi connectivity index (χ1v) is 7.97. The molecule has 3 heterocycles. The molecule has 0 atom stereocenters. The summed E-state index contributed by atoms with van der Waals surface area (Å²) in [5, 5.41) is 14.4. The van der Waals surface area contributed by atoms with Crippen LogP contribution in [0.4, 0.5) is 16.4 Å². The number of rotatable bonds is 3. The molecular formula is C18H16N6O2. The molecule has 0 saturated heterocycles. The monoisotopic (exact) mass is 348 g/mol. The van der Waals surface area contributed by atoms with Crippen molar-refractivity contribution in [2.45, 2.75) is 6.92 Å². The van der Waals surface area contributed by atoms with E-state index in [0.29, 0.717) is 17.3 Å². The molecule has 0 fully saturated rings. The zero-order chi connectivity index (χ0) is 18.1. The molecule has 0 aliphatic rings. The standard InChI is InChI=1S/C18H16N6O2/c1-11-7-17(26-23-11)22-18(25)21-13-5-3-12(4-6-13)14-8-19-10-16-15(14)9-20-24(16)2/h3-10H,1-2H3,(H2,21,22,25). The molecule has 4 rings (SSSR count).